The first-order chi connectivity index (χ1) is 6.68. The van der Waals surface area contributed by atoms with E-state index in [1.807, 2.05) is 0 Å². The summed E-state index contributed by atoms with van der Waals surface area (Å²) in [5.74, 6) is 0.589. The van der Waals surface area contributed by atoms with Crippen molar-refractivity contribution in [2.45, 2.75) is 24.8 Å². The van der Waals surface area contributed by atoms with Crippen molar-refractivity contribution in [1.82, 2.24) is 9.97 Å². The molecule has 1 aliphatic carbocycles. The molecule has 14 heavy (non-hydrogen) atoms. The lowest BCUT2D eigenvalue weighted by molar-refractivity contribution is 0.265. The molecule has 3 N–H and O–H groups in total. The molecule has 1 aliphatic rings. The van der Waals surface area contributed by atoms with E-state index in [0.29, 0.717) is 11.0 Å². The number of hydrogen-bond donors (Lipinski definition) is 2. The molecular weight excluding hydrogens is 200 g/mol. The van der Waals surface area contributed by atoms with Gasteiger partial charge in [-0.2, -0.15) is 0 Å². The third-order valence-electron chi connectivity index (χ3n) is 2.57. The number of hydrogen-bond acceptors (Lipinski definition) is 4. The molecule has 0 radical (unpaired) electrons. The third-order valence-corrected chi connectivity index (χ3v) is 2.76. The van der Waals surface area contributed by atoms with E-state index in [4.69, 9.17) is 17.3 Å². The van der Waals surface area contributed by atoms with E-state index >= 15 is 0 Å². The highest BCUT2D eigenvalue weighted by Crippen LogP contribution is 2.28. The summed E-state index contributed by atoms with van der Waals surface area (Å²) in [7, 11) is 0. The maximum atomic E-state index is 6.04. The Morgan fingerprint density at radius 3 is 2.57 bits per heavy atom. The molecule has 0 atom stereocenters. The van der Waals surface area contributed by atoms with Gasteiger partial charge in [-0.3, -0.25) is 0 Å². The molecule has 0 unspecified atom stereocenters. The van der Waals surface area contributed by atoms with Crippen molar-refractivity contribution in [1.29, 1.82) is 0 Å². The topological polar surface area (TPSA) is 63.8 Å². The Morgan fingerprint density at radius 1 is 1.43 bits per heavy atom. The SMILES string of the molecule is NC1(CNc2ncc(Cl)cn2)CCC1. The smallest absolute Gasteiger partial charge is 0.222 e. The molecule has 1 fully saturated rings. The minimum atomic E-state index is -0.0526. The Balaban J connectivity index is 1.88. The number of nitrogens with two attached hydrogens (primary N) is 1. The summed E-state index contributed by atoms with van der Waals surface area (Å²) in [6.45, 7) is 0.731. The third kappa shape index (κ3) is 2.13. The fourth-order valence-electron chi connectivity index (χ4n) is 1.47. The van der Waals surface area contributed by atoms with Gasteiger partial charge in [0.2, 0.25) is 5.95 Å². The predicted molar refractivity (Wildman–Crippen MR) is 56.3 cm³/mol. The highest BCUT2D eigenvalue weighted by molar-refractivity contribution is 6.30. The summed E-state index contributed by atoms with van der Waals surface area (Å²) in [6.07, 6.45) is 6.52. The molecule has 0 saturated heterocycles. The first kappa shape index (κ1) is 9.68. The molecule has 5 heteroatoms. The van der Waals surface area contributed by atoms with E-state index in [0.717, 1.165) is 19.4 Å². The Bertz CT molecular complexity index is 307. The van der Waals surface area contributed by atoms with Crippen LogP contribution in [0.15, 0.2) is 12.4 Å². The van der Waals surface area contributed by atoms with Crippen LogP contribution in [0.2, 0.25) is 5.02 Å². The van der Waals surface area contributed by atoms with Gasteiger partial charge in [0.25, 0.3) is 0 Å². The standard InChI is InChI=1S/C9H13ClN4/c10-7-4-12-8(13-5-7)14-6-9(11)2-1-3-9/h4-5H,1-3,6,11H2,(H,12,13,14). The van der Waals surface area contributed by atoms with Gasteiger partial charge in [-0.25, -0.2) is 9.97 Å². The first-order valence-electron chi connectivity index (χ1n) is 4.68. The van der Waals surface area contributed by atoms with Crippen LogP contribution in [0.3, 0.4) is 0 Å². The number of rotatable bonds is 3. The molecule has 2 rings (SSSR count). The van der Waals surface area contributed by atoms with Gasteiger partial charge in [-0.15, -0.1) is 0 Å². The fourth-order valence-corrected chi connectivity index (χ4v) is 1.56. The number of anilines is 1. The highest BCUT2D eigenvalue weighted by Gasteiger charge is 2.32. The number of halogens is 1. The Labute approximate surface area is 87.9 Å². The van der Waals surface area contributed by atoms with Gasteiger partial charge in [-0.1, -0.05) is 11.6 Å². The summed E-state index contributed by atoms with van der Waals surface area (Å²) in [5, 5.41) is 3.65. The van der Waals surface area contributed by atoms with Crippen LogP contribution in [0.4, 0.5) is 5.95 Å². The maximum Gasteiger partial charge on any atom is 0.222 e. The van der Waals surface area contributed by atoms with Crippen LogP contribution < -0.4 is 11.1 Å². The van der Waals surface area contributed by atoms with Gasteiger partial charge in [0.05, 0.1) is 17.4 Å². The minimum absolute atomic E-state index is 0.0526. The van der Waals surface area contributed by atoms with Crippen molar-refractivity contribution in [3.05, 3.63) is 17.4 Å². The van der Waals surface area contributed by atoms with Crippen LogP contribution >= 0.6 is 11.6 Å². The fraction of sp³-hybridized carbons (Fsp3) is 0.556. The quantitative estimate of drug-likeness (QED) is 0.796. The zero-order valence-corrected chi connectivity index (χ0v) is 8.59. The van der Waals surface area contributed by atoms with E-state index < -0.39 is 0 Å². The van der Waals surface area contributed by atoms with E-state index in [2.05, 4.69) is 15.3 Å². The average molecular weight is 213 g/mol. The second kappa shape index (κ2) is 3.71. The van der Waals surface area contributed by atoms with Gasteiger partial charge in [-0.05, 0) is 19.3 Å². The van der Waals surface area contributed by atoms with Crippen molar-refractivity contribution < 1.29 is 0 Å². The number of aromatic nitrogens is 2. The minimum Gasteiger partial charge on any atom is -0.352 e. The zero-order chi connectivity index (χ0) is 10.0. The second-order valence-corrected chi connectivity index (χ2v) is 4.23. The van der Waals surface area contributed by atoms with E-state index in [-0.39, 0.29) is 5.54 Å². The van der Waals surface area contributed by atoms with Gasteiger partial charge < -0.3 is 11.1 Å². The second-order valence-electron chi connectivity index (χ2n) is 3.79. The predicted octanol–water partition coefficient (Wildman–Crippen LogP) is 1.42. The van der Waals surface area contributed by atoms with Crippen molar-refractivity contribution in [3.8, 4) is 0 Å². The van der Waals surface area contributed by atoms with E-state index in [1.54, 1.807) is 12.4 Å². The summed E-state index contributed by atoms with van der Waals surface area (Å²) in [6, 6.07) is 0. The van der Waals surface area contributed by atoms with Crippen LogP contribution in [0.5, 0.6) is 0 Å². The molecule has 0 spiro atoms. The van der Waals surface area contributed by atoms with Crippen LogP contribution in [0.1, 0.15) is 19.3 Å². The Kier molecular flexibility index (Phi) is 2.56. The zero-order valence-electron chi connectivity index (χ0n) is 7.83. The molecule has 1 heterocycles. The molecule has 1 saturated carbocycles. The van der Waals surface area contributed by atoms with Gasteiger partial charge in [0, 0.05) is 12.1 Å². The van der Waals surface area contributed by atoms with Crippen LogP contribution in [-0.2, 0) is 0 Å². The molecule has 0 aromatic carbocycles. The van der Waals surface area contributed by atoms with Crippen LogP contribution in [0.25, 0.3) is 0 Å². The highest BCUT2D eigenvalue weighted by atomic mass is 35.5. The summed E-state index contributed by atoms with van der Waals surface area (Å²) in [4.78, 5) is 8.06. The van der Waals surface area contributed by atoms with Gasteiger partial charge in [0.15, 0.2) is 0 Å². The lowest BCUT2D eigenvalue weighted by Gasteiger charge is -2.38. The molecule has 1 aromatic rings. The average Bonchev–Trinajstić information content (AvgIpc) is 2.14. The first-order valence-corrected chi connectivity index (χ1v) is 5.06. The number of nitrogens with zero attached hydrogens (tertiary/aromatic N) is 2. The normalized spacial score (nSPS) is 18.7. The van der Waals surface area contributed by atoms with Crippen LogP contribution in [0, 0.1) is 0 Å². The van der Waals surface area contributed by atoms with Gasteiger partial charge >= 0.3 is 0 Å². The molecule has 0 amide bonds. The Hall–Kier alpha value is -0.870. The summed E-state index contributed by atoms with van der Waals surface area (Å²) >= 11 is 5.66. The van der Waals surface area contributed by atoms with Crippen molar-refractivity contribution in [2.24, 2.45) is 5.73 Å². The molecular formula is C9H13ClN4. The lowest BCUT2D eigenvalue weighted by Crippen LogP contribution is -2.52. The summed E-state index contributed by atoms with van der Waals surface area (Å²) in [5.41, 5.74) is 5.98. The van der Waals surface area contributed by atoms with E-state index in [9.17, 15) is 0 Å². The molecule has 4 nitrogen and oxygen atoms in total. The largest absolute Gasteiger partial charge is 0.352 e. The monoisotopic (exact) mass is 212 g/mol. The van der Waals surface area contributed by atoms with Crippen molar-refractivity contribution >= 4 is 17.5 Å². The van der Waals surface area contributed by atoms with Crippen LogP contribution in [-0.4, -0.2) is 22.1 Å². The van der Waals surface area contributed by atoms with Crippen molar-refractivity contribution in [3.63, 3.8) is 0 Å². The van der Waals surface area contributed by atoms with Crippen molar-refractivity contribution in [2.75, 3.05) is 11.9 Å². The lowest BCUT2D eigenvalue weighted by atomic mass is 9.78. The summed E-state index contributed by atoms with van der Waals surface area (Å²) < 4.78 is 0. The number of nitrogens with one attached hydrogen (secondary N) is 1. The van der Waals surface area contributed by atoms with Gasteiger partial charge in [0.1, 0.15) is 0 Å². The molecule has 0 aliphatic heterocycles. The molecule has 76 valence electrons. The molecule has 0 bridgehead atoms. The molecule has 1 aromatic heterocycles. The Morgan fingerprint density at radius 2 is 2.07 bits per heavy atom. The van der Waals surface area contributed by atoms with E-state index in [1.165, 1.54) is 6.42 Å². The maximum absolute atomic E-state index is 6.04.